The number of alkyl halides is 2. The van der Waals surface area contributed by atoms with Gasteiger partial charge in [0.1, 0.15) is 0 Å². The van der Waals surface area contributed by atoms with Crippen LogP contribution in [0.5, 0.6) is 0 Å². The van der Waals surface area contributed by atoms with Gasteiger partial charge in [-0.25, -0.2) is 8.78 Å². The highest BCUT2D eigenvalue weighted by atomic mass is 19.3. The zero-order valence-corrected chi connectivity index (χ0v) is 9.70. The lowest BCUT2D eigenvalue weighted by Gasteiger charge is -2.17. The third kappa shape index (κ3) is 3.48. The van der Waals surface area contributed by atoms with Crippen LogP contribution < -0.4 is 11.1 Å². The van der Waals surface area contributed by atoms with E-state index in [1.807, 2.05) is 12.1 Å². The molecule has 0 saturated heterocycles. The molecular weight excluding hydrogens is 222 g/mol. The summed E-state index contributed by atoms with van der Waals surface area (Å²) >= 11 is 0. The van der Waals surface area contributed by atoms with Crippen molar-refractivity contribution in [2.24, 2.45) is 5.73 Å². The molecule has 0 bridgehead atoms. The van der Waals surface area contributed by atoms with E-state index in [0.29, 0.717) is 6.54 Å². The zero-order valence-electron chi connectivity index (χ0n) is 9.70. The van der Waals surface area contributed by atoms with Crippen LogP contribution in [0.25, 0.3) is 0 Å². The van der Waals surface area contributed by atoms with Crippen molar-refractivity contribution in [2.45, 2.75) is 31.2 Å². The summed E-state index contributed by atoms with van der Waals surface area (Å²) in [6.07, 6.45) is 0.196. The van der Waals surface area contributed by atoms with E-state index in [1.54, 1.807) is 0 Å². The monoisotopic (exact) mass is 240 g/mol. The van der Waals surface area contributed by atoms with E-state index in [9.17, 15) is 8.78 Å². The second-order valence-corrected chi connectivity index (χ2v) is 4.53. The molecule has 4 heteroatoms. The molecule has 1 fully saturated rings. The van der Waals surface area contributed by atoms with Gasteiger partial charge in [0.2, 0.25) is 0 Å². The van der Waals surface area contributed by atoms with Crippen LogP contribution in [0.15, 0.2) is 24.3 Å². The fourth-order valence-electron chi connectivity index (χ4n) is 1.99. The Bertz CT molecular complexity index is 347. The van der Waals surface area contributed by atoms with Gasteiger partial charge in [0.25, 0.3) is 6.43 Å². The summed E-state index contributed by atoms with van der Waals surface area (Å²) in [6.45, 7) is 0.0156. The number of nitrogens with two attached hydrogens (primary N) is 1. The van der Waals surface area contributed by atoms with Gasteiger partial charge in [-0.05, 0) is 29.9 Å². The average molecular weight is 240 g/mol. The molecule has 1 aliphatic rings. The van der Waals surface area contributed by atoms with Gasteiger partial charge in [0.05, 0.1) is 6.54 Å². The van der Waals surface area contributed by atoms with Crippen LogP contribution >= 0.6 is 0 Å². The molecular formula is C13H18F2N2. The molecule has 94 valence electrons. The number of nitrogens with one attached hydrogen (secondary N) is 1. The predicted octanol–water partition coefficient (Wildman–Crippen LogP) is 2.42. The fourth-order valence-corrected chi connectivity index (χ4v) is 1.99. The van der Waals surface area contributed by atoms with E-state index in [-0.39, 0.29) is 12.6 Å². The van der Waals surface area contributed by atoms with Gasteiger partial charge >= 0.3 is 0 Å². The molecule has 1 aromatic carbocycles. The van der Waals surface area contributed by atoms with Crippen molar-refractivity contribution in [1.82, 2.24) is 5.32 Å². The molecule has 2 rings (SSSR count). The summed E-state index contributed by atoms with van der Waals surface area (Å²) in [5, 5.41) is 2.77. The van der Waals surface area contributed by atoms with E-state index in [0.717, 1.165) is 11.5 Å². The predicted molar refractivity (Wildman–Crippen MR) is 64.2 cm³/mol. The van der Waals surface area contributed by atoms with Crippen LogP contribution in [-0.4, -0.2) is 19.5 Å². The molecule has 2 nitrogen and oxygen atoms in total. The number of hydrogen-bond donors (Lipinski definition) is 2. The highest BCUT2D eigenvalue weighted by Crippen LogP contribution is 2.40. The summed E-state index contributed by atoms with van der Waals surface area (Å²) in [5.74, 6) is 0.717. The van der Waals surface area contributed by atoms with E-state index in [2.05, 4.69) is 17.4 Å². The van der Waals surface area contributed by atoms with E-state index < -0.39 is 6.43 Å². The maximum Gasteiger partial charge on any atom is 0.250 e. The Morgan fingerprint density at radius 3 is 2.35 bits per heavy atom. The Balaban J connectivity index is 1.97. The average Bonchev–Trinajstić information content (AvgIpc) is 3.14. The van der Waals surface area contributed by atoms with Crippen molar-refractivity contribution in [3.63, 3.8) is 0 Å². The van der Waals surface area contributed by atoms with Gasteiger partial charge in [0.15, 0.2) is 0 Å². The number of rotatable bonds is 6. The minimum Gasteiger partial charge on any atom is -0.329 e. The lowest BCUT2D eigenvalue weighted by atomic mass is 10.0. The second kappa shape index (κ2) is 5.56. The molecule has 0 radical (unpaired) electrons. The lowest BCUT2D eigenvalue weighted by Crippen LogP contribution is -2.31. The summed E-state index contributed by atoms with van der Waals surface area (Å²) in [6, 6.07) is 7.96. The molecule has 17 heavy (non-hydrogen) atoms. The van der Waals surface area contributed by atoms with Crippen molar-refractivity contribution in [3.05, 3.63) is 35.4 Å². The van der Waals surface area contributed by atoms with E-state index in [4.69, 9.17) is 5.73 Å². The third-order valence-electron chi connectivity index (χ3n) is 3.14. The third-order valence-corrected chi connectivity index (χ3v) is 3.14. The summed E-state index contributed by atoms with van der Waals surface area (Å²) in [4.78, 5) is 0. The number of benzene rings is 1. The SMILES string of the molecule is NCC(NCC(F)F)c1ccc(C2CC2)cc1. The molecule has 1 aliphatic carbocycles. The first-order chi connectivity index (χ1) is 8.20. The molecule has 1 unspecified atom stereocenters. The topological polar surface area (TPSA) is 38.0 Å². The second-order valence-electron chi connectivity index (χ2n) is 4.53. The van der Waals surface area contributed by atoms with E-state index >= 15 is 0 Å². The first-order valence-corrected chi connectivity index (χ1v) is 6.02. The molecule has 0 aromatic heterocycles. The van der Waals surface area contributed by atoms with Gasteiger partial charge in [-0.1, -0.05) is 24.3 Å². The Kier molecular flexibility index (Phi) is 4.07. The van der Waals surface area contributed by atoms with Crippen LogP contribution in [0.3, 0.4) is 0 Å². The van der Waals surface area contributed by atoms with E-state index in [1.165, 1.54) is 18.4 Å². The first-order valence-electron chi connectivity index (χ1n) is 6.02. The lowest BCUT2D eigenvalue weighted by molar-refractivity contribution is 0.141. The molecule has 0 amide bonds. The Morgan fingerprint density at radius 2 is 1.88 bits per heavy atom. The Labute approximate surface area is 100 Å². The maximum atomic E-state index is 12.1. The van der Waals surface area contributed by atoms with Gasteiger partial charge < -0.3 is 11.1 Å². The summed E-state index contributed by atoms with van der Waals surface area (Å²) in [5.41, 5.74) is 7.92. The normalized spacial score (nSPS) is 17.4. The highest BCUT2D eigenvalue weighted by molar-refractivity contribution is 5.29. The number of hydrogen-bond acceptors (Lipinski definition) is 2. The van der Waals surface area contributed by atoms with Crippen LogP contribution in [0.1, 0.15) is 35.9 Å². The molecule has 0 spiro atoms. The van der Waals surface area contributed by atoms with Crippen LogP contribution in [-0.2, 0) is 0 Å². The van der Waals surface area contributed by atoms with Crippen molar-refractivity contribution in [1.29, 1.82) is 0 Å². The molecule has 0 heterocycles. The van der Waals surface area contributed by atoms with Crippen LogP contribution in [0, 0.1) is 0 Å². The maximum absolute atomic E-state index is 12.1. The quantitative estimate of drug-likeness (QED) is 0.801. The zero-order chi connectivity index (χ0) is 12.3. The minimum absolute atomic E-state index is 0.183. The van der Waals surface area contributed by atoms with Gasteiger partial charge in [-0.3, -0.25) is 0 Å². The molecule has 0 aliphatic heterocycles. The van der Waals surface area contributed by atoms with Crippen LogP contribution in [0.2, 0.25) is 0 Å². The largest absolute Gasteiger partial charge is 0.329 e. The van der Waals surface area contributed by atoms with Crippen molar-refractivity contribution in [3.8, 4) is 0 Å². The fraction of sp³-hybridized carbons (Fsp3) is 0.538. The standard InChI is InChI=1S/C13H18F2N2/c14-13(15)8-17-12(7-16)11-5-3-10(4-6-11)9-1-2-9/h3-6,9,12-13,17H,1-2,7-8,16H2. The Hall–Kier alpha value is -1.00. The summed E-state index contributed by atoms with van der Waals surface area (Å²) < 4.78 is 24.2. The first kappa shape index (κ1) is 12.5. The minimum atomic E-state index is -2.34. The van der Waals surface area contributed by atoms with Crippen molar-refractivity contribution in [2.75, 3.05) is 13.1 Å². The van der Waals surface area contributed by atoms with Gasteiger partial charge in [-0.15, -0.1) is 0 Å². The van der Waals surface area contributed by atoms with Gasteiger partial charge in [0, 0.05) is 12.6 Å². The summed E-state index contributed by atoms with van der Waals surface area (Å²) in [7, 11) is 0. The molecule has 1 atom stereocenters. The Morgan fingerprint density at radius 1 is 1.24 bits per heavy atom. The molecule has 3 N–H and O–H groups in total. The number of halogens is 2. The van der Waals surface area contributed by atoms with Crippen molar-refractivity contribution >= 4 is 0 Å². The molecule has 1 saturated carbocycles. The van der Waals surface area contributed by atoms with Crippen LogP contribution in [0.4, 0.5) is 8.78 Å². The highest BCUT2D eigenvalue weighted by Gasteiger charge is 2.23. The van der Waals surface area contributed by atoms with Gasteiger partial charge in [-0.2, -0.15) is 0 Å². The van der Waals surface area contributed by atoms with Crippen molar-refractivity contribution < 1.29 is 8.78 Å². The molecule has 1 aromatic rings. The smallest absolute Gasteiger partial charge is 0.250 e.